The van der Waals surface area contributed by atoms with Crippen LogP contribution < -0.4 is 10.2 Å². The van der Waals surface area contributed by atoms with Gasteiger partial charge in [0, 0.05) is 5.56 Å². The highest BCUT2D eigenvalue weighted by Gasteiger charge is 2.11. The Morgan fingerprint density at radius 2 is 1.70 bits per heavy atom. The lowest BCUT2D eigenvalue weighted by atomic mass is 10.2. The lowest BCUT2D eigenvalue weighted by Crippen LogP contribution is -2.22. The molecule has 5 nitrogen and oxygen atoms in total. The van der Waals surface area contributed by atoms with Crippen LogP contribution in [0.5, 0.6) is 11.5 Å². The van der Waals surface area contributed by atoms with Crippen LogP contribution in [0.2, 0.25) is 0 Å². The molecule has 0 spiro atoms. The first-order valence-electron chi connectivity index (χ1n) is 7.25. The van der Waals surface area contributed by atoms with Crippen LogP contribution >= 0.6 is 0 Å². The van der Waals surface area contributed by atoms with E-state index in [0.717, 1.165) is 11.3 Å². The highest BCUT2D eigenvalue weighted by Crippen LogP contribution is 2.17. The number of phenolic OH excluding ortho intramolecular Hbond substituents is 1. The Hall–Kier alpha value is -2.82. The molecule has 0 unspecified atom stereocenters. The van der Waals surface area contributed by atoms with Crippen LogP contribution in [0.25, 0.3) is 0 Å². The van der Waals surface area contributed by atoms with Crippen molar-refractivity contribution in [3.63, 3.8) is 0 Å². The topological polar surface area (TPSA) is 70.9 Å². The third kappa shape index (κ3) is 5.47. The lowest BCUT2D eigenvalue weighted by molar-refractivity contribution is 0.0955. The Labute approximate surface area is 135 Å². The van der Waals surface area contributed by atoms with Gasteiger partial charge in [0.05, 0.1) is 6.21 Å². The third-order valence-electron chi connectivity index (χ3n) is 2.81. The molecule has 0 aromatic heterocycles. The average molecular weight is 312 g/mol. The van der Waals surface area contributed by atoms with Gasteiger partial charge in [-0.2, -0.15) is 5.10 Å². The summed E-state index contributed by atoms with van der Waals surface area (Å²) < 4.78 is 5.73. The molecule has 0 saturated carbocycles. The van der Waals surface area contributed by atoms with Crippen LogP contribution in [0.4, 0.5) is 0 Å². The van der Waals surface area contributed by atoms with Crippen molar-refractivity contribution in [2.75, 3.05) is 0 Å². The molecule has 23 heavy (non-hydrogen) atoms. The summed E-state index contributed by atoms with van der Waals surface area (Å²) in [7, 11) is 0. The summed E-state index contributed by atoms with van der Waals surface area (Å²) >= 11 is 0. The number of nitrogens with zero attached hydrogens (tertiary/aromatic N) is 1. The number of nitrogens with one attached hydrogen (secondary N) is 1. The zero-order valence-corrected chi connectivity index (χ0v) is 13.4. The summed E-state index contributed by atoms with van der Waals surface area (Å²) in [5, 5.41) is 13.1. The molecule has 0 aliphatic carbocycles. The van der Waals surface area contributed by atoms with E-state index in [2.05, 4.69) is 10.5 Å². The maximum Gasteiger partial charge on any atom is 0.271 e. The normalized spacial score (nSPS) is 11.4. The van der Waals surface area contributed by atoms with Gasteiger partial charge in [-0.15, -0.1) is 0 Å². The van der Waals surface area contributed by atoms with Gasteiger partial charge in [0.25, 0.3) is 5.91 Å². The molecule has 2 aromatic rings. The Morgan fingerprint density at radius 1 is 1.09 bits per heavy atom. The summed E-state index contributed by atoms with van der Waals surface area (Å²) in [6.45, 7) is 5.96. The minimum atomic E-state index is -0.339. The minimum Gasteiger partial charge on any atom is -0.508 e. The number of benzene rings is 2. The summed E-state index contributed by atoms with van der Waals surface area (Å²) in [6.07, 6.45) is 1.55. The first-order valence-corrected chi connectivity index (χ1v) is 7.25. The molecule has 1 amide bonds. The molecule has 0 aliphatic rings. The van der Waals surface area contributed by atoms with Crippen LogP contribution in [-0.2, 0) is 0 Å². The second-order valence-electron chi connectivity index (χ2n) is 6.03. The van der Waals surface area contributed by atoms with Crippen LogP contribution in [-0.4, -0.2) is 22.8 Å². The standard InChI is InChI=1S/C18H20N2O3/c1-18(2,3)23-16-10-4-13(5-11-16)12-19-20-17(22)14-6-8-15(21)9-7-14/h4-12,21H,1-3H3,(H,20,22)/b19-12+. The molecule has 0 heterocycles. The number of carbonyl (C=O) groups excluding carboxylic acids is 1. The van der Waals surface area contributed by atoms with Crippen LogP contribution in [0.3, 0.4) is 0 Å². The van der Waals surface area contributed by atoms with Crippen molar-refractivity contribution in [2.24, 2.45) is 5.10 Å². The molecule has 2 aromatic carbocycles. The second-order valence-corrected chi connectivity index (χ2v) is 6.03. The molecule has 2 N–H and O–H groups in total. The first kappa shape index (κ1) is 16.5. The maximum atomic E-state index is 11.8. The van der Waals surface area contributed by atoms with E-state index < -0.39 is 0 Å². The van der Waals surface area contributed by atoms with Crippen molar-refractivity contribution in [3.05, 3.63) is 59.7 Å². The van der Waals surface area contributed by atoms with Crippen molar-refractivity contribution >= 4 is 12.1 Å². The minimum absolute atomic E-state index is 0.114. The fraction of sp³-hybridized carbons (Fsp3) is 0.222. The van der Waals surface area contributed by atoms with E-state index in [1.54, 1.807) is 6.21 Å². The van der Waals surface area contributed by atoms with Crippen LogP contribution in [0.15, 0.2) is 53.6 Å². The average Bonchev–Trinajstić information content (AvgIpc) is 2.48. The second kappa shape index (κ2) is 6.96. The van der Waals surface area contributed by atoms with Gasteiger partial charge in [-0.1, -0.05) is 0 Å². The van der Waals surface area contributed by atoms with Gasteiger partial charge in [0.15, 0.2) is 0 Å². The SMILES string of the molecule is CC(C)(C)Oc1ccc(/C=N/NC(=O)c2ccc(O)cc2)cc1. The Kier molecular flexibility index (Phi) is 5.01. The highest BCUT2D eigenvalue weighted by molar-refractivity contribution is 5.94. The largest absolute Gasteiger partial charge is 0.508 e. The quantitative estimate of drug-likeness (QED) is 0.672. The molecular formula is C18H20N2O3. The fourth-order valence-corrected chi connectivity index (χ4v) is 1.82. The van der Waals surface area contributed by atoms with Crippen molar-refractivity contribution in [2.45, 2.75) is 26.4 Å². The monoisotopic (exact) mass is 312 g/mol. The van der Waals surface area contributed by atoms with Gasteiger partial charge >= 0.3 is 0 Å². The van der Waals surface area contributed by atoms with E-state index in [1.807, 2.05) is 45.0 Å². The Bertz CT molecular complexity index is 684. The van der Waals surface area contributed by atoms with E-state index in [0.29, 0.717) is 5.56 Å². The van der Waals surface area contributed by atoms with Crippen molar-refractivity contribution in [3.8, 4) is 11.5 Å². The Balaban J connectivity index is 1.92. The fourth-order valence-electron chi connectivity index (χ4n) is 1.82. The number of hydrazone groups is 1. The van der Waals surface area contributed by atoms with E-state index in [9.17, 15) is 9.90 Å². The maximum absolute atomic E-state index is 11.8. The summed E-state index contributed by atoms with van der Waals surface area (Å²) in [4.78, 5) is 11.8. The molecule has 5 heteroatoms. The summed E-state index contributed by atoms with van der Waals surface area (Å²) in [6, 6.07) is 13.4. The number of hydrogen-bond acceptors (Lipinski definition) is 4. The van der Waals surface area contributed by atoms with Crippen molar-refractivity contribution < 1.29 is 14.6 Å². The van der Waals surface area contributed by atoms with Gasteiger partial charge in [0.2, 0.25) is 0 Å². The number of phenols is 1. The number of ether oxygens (including phenoxy) is 1. The van der Waals surface area contributed by atoms with Crippen molar-refractivity contribution in [1.29, 1.82) is 0 Å². The Morgan fingerprint density at radius 3 is 2.26 bits per heavy atom. The van der Waals surface area contributed by atoms with Gasteiger partial charge < -0.3 is 9.84 Å². The molecule has 0 bridgehead atoms. The van der Waals surface area contributed by atoms with Crippen LogP contribution in [0.1, 0.15) is 36.7 Å². The first-order chi connectivity index (χ1) is 10.8. The zero-order chi connectivity index (χ0) is 16.9. The van der Waals surface area contributed by atoms with E-state index in [4.69, 9.17) is 4.74 Å². The van der Waals surface area contributed by atoms with Gasteiger partial charge in [0.1, 0.15) is 17.1 Å². The number of aromatic hydroxyl groups is 1. The van der Waals surface area contributed by atoms with Crippen molar-refractivity contribution in [1.82, 2.24) is 5.43 Å². The van der Waals surface area contributed by atoms with E-state index >= 15 is 0 Å². The smallest absolute Gasteiger partial charge is 0.271 e. The molecule has 0 aliphatic heterocycles. The predicted octanol–water partition coefficient (Wildman–Crippen LogP) is 3.33. The number of amides is 1. The molecule has 0 saturated heterocycles. The van der Waals surface area contributed by atoms with Gasteiger partial charge in [-0.3, -0.25) is 4.79 Å². The molecular weight excluding hydrogens is 292 g/mol. The van der Waals surface area contributed by atoms with E-state index in [1.165, 1.54) is 24.3 Å². The molecule has 120 valence electrons. The highest BCUT2D eigenvalue weighted by atomic mass is 16.5. The van der Waals surface area contributed by atoms with Gasteiger partial charge in [-0.05, 0) is 74.9 Å². The van der Waals surface area contributed by atoms with Gasteiger partial charge in [-0.25, -0.2) is 5.43 Å². The van der Waals surface area contributed by atoms with Crippen LogP contribution in [0, 0.1) is 0 Å². The number of carbonyl (C=O) groups is 1. The molecule has 0 atom stereocenters. The lowest BCUT2D eigenvalue weighted by Gasteiger charge is -2.21. The molecule has 0 fully saturated rings. The molecule has 2 rings (SSSR count). The summed E-state index contributed by atoms with van der Waals surface area (Å²) in [5.41, 5.74) is 3.46. The number of hydrogen-bond donors (Lipinski definition) is 2. The summed E-state index contributed by atoms with van der Waals surface area (Å²) in [5.74, 6) is 0.555. The molecule has 0 radical (unpaired) electrons. The third-order valence-corrected chi connectivity index (χ3v) is 2.81. The number of rotatable bonds is 4. The zero-order valence-electron chi connectivity index (χ0n) is 13.4. The predicted molar refractivity (Wildman–Crippen MR) is 90.0 cm³/mol. The van der Waals surface area contributed by atoms with E-state index in [-0.39, 0.29) is 17.3 Å².